The molecule has 0 aromatic heterocycles. The van der Waals surface area contributed by atoms with Crippen LogP contribution in [0.4, 0.5) is 4.79 Å². The fourth-order valence-electron chi connectivity index (χ4n) is 1.87. The summed E-state index contributed by atoms with van der Waals surface area (Å²) in [4.78, 5) is 24.8. The molecule has 0 radical (unpaired) electrons. The Morgan fingerprint density at radius 1 is 1.47 bits per heavy atom. The second-order valence-electron chi connectivity index (χ2n) is 5.60. The third kappa shape index (κ3) is 3.91. The van der Waals surface area contributed by atoms with Crippen molar-refractivity contribution in [2.75, 3.05) is 19.6 Å². The van der Waals surface area contributed by atoms with Crippen molar-refractivity contribution in [1.29, 1.82) is 0 Å². The van der Waals surface area contributed by atoms with E-state index in [1.807, 2.05) is 4.90 Å². The lowest BCUT2D eigenvalue weighted by atomic mass is 9.93. The first-order valence-electron chi connectivity index (χ1n) is 6.15. The van der Waals surface area contributed by atoms with Crippen LogP contribution >= 0.6 is 0 Å². The van der Waals surface area contributed by atoms with Crippen molar-refractivity contribution in [1.82, 2.24) is 10.2 Å². The summed E-state index contributed by atoms with van der Waals surface area (Å²) in [5.41, 5.74) is 4.56. The third-order valence-electron chi connectivity index (χ3n) is 3.29. The Labute approximate surface area is 103 Å². The third-order valence-corrected chi connectivity index (χ3v) is 3.29. The normalized spacial score (nSPS) is 21.1. The molecule has 17 heavy (non-hydrogen) atoms. The van der Waals surface area contributed by atoms with Gasteiger partial charge < -0.3 is 16.0 Å². The maximum atomic E-state index is 11.9. The van der Waals surface area contributed by atoms with Crippen molar-refractivity contribution in [3.63, 3.8) is 0 Å². The standard InChI is InChI=1S/C12H23N3O2/c1-9-5-4-6-15(7-9)11(17)14-8-12(2,3)10(13)16/h9H,4-8H2,1-3H3,(H2,13,16)(H,14,17). The van der Waals surface area contributed by atoms with Gasteiger partial charge in [0.1, 0.15) is 0 Å². The molecule has 0 spiro atoms. The molecule has 1 aliphatic heterocycles. The Morgan fingerprint density at radius 2 is 2.12 bits per heavy atom. The molecule has 1 rings (SSSR count). The molecule has 5 nitrogen and oxygen atoms in total. The molecule has 1 saturated heterocycles. The Morgan fingerprint density at radius 3 is 2.65 bits per heavy atom. The summed E-state index contributed by atoms with van der Waals surface area (Å²) in [5.74, 6) is 0.156. The van der Waals surface area contributed by atoms with Gasteiger partial charge in [-0.15, -0.1) is 0 Å². The first-order chi connectivity index (χ1) is 7.83. The number of urea groups is 1. The Hall–Kier alpha value is -1.26. The first kappa shape index (κ1) is 13.8. The van der Waals surface area contributed by atoms with Crippen LogP contribution in [0.25, 0.3) is 0 Å². The maximum Gasteiger partial charge on any atom is 0.317 e. The van der Waals surface area contributed by atoms with Crippen LogP contribution in [0.2, 0.25) is 0 Å². The fourth-order valence-corrected chi connectivity index (χ4v) is 1.87. The molecule has 1 fully saturated rings. The van der Waals surface area contributed by atoms with E-state index in [0.29, 0.717) is 5.92 Å². The number of nitrogens with zero attached hydrogens (tertiary/aromatic N) is 1. The molecule has 3 amide bonds. The van der Waals surface area contributed by atoms with Gasteiger partial charge in [-0.1, -0.05) is 6.92 Å². The molecule has 1 aliphatic rings. The lowest BCUT2D eigenvalue weighted by molar-refractivity contribution is -0.125. The van der Waals surface area contributed by atoms with Gasteiger partial charge in [0.05, 0.1) is 5.41 Å². The van der Waals surface area contributed by atoms with Gasteiger partial charge in [-0.25, -0.2) is 4.79 Å². The average molecular weight is 241 g/mol. The van der Waals surface area contributed by atoms with E-state index in [1.54, 1.807) is 13.8 Å². The molecule has 0 saturated carbocycles. The number of nitrogens with two attached hydrogens (primary N) is 1. The molecule has 98 valence electrons. The minimum absolute atomic E-state index is 0.0918. The average Bonchev–Trinajstić information content (AvgIpc) is 2.25. The Balaban J connectivity index is 2.41. The van der Waals surface area contributed by atoms with Crippen molar-refractivity contribution in [3.05, 3.63) is 0 Å². The van der Waals surface area contributed by atoms with E-state index in [1.165, 1.54) is 6.42 Å². The van der Waals surface area contributed by atoms with Crippen LogP contribution in [0, 0.1) is 11.3 Å². The smallest absolute Gasteiger partial charge is 0.317 e. The first-order valence-corrected chi connectivity index (χ1v) is 6.15. The van der Waals surface area contributed by atoms with E-state index < -0.39 is 11.3 Å². The summed E-state index contributed by atoms with van der Waals surface area (Å²) < 4.78 is 0. The summed E-state index contributed by atoms with van der Waals surface area (Å²) >= 11 is 0. The molecule has 5 heteroatoms. The maximum absolute atomic E-state index is 11.9. The number of hydrogen-bond acceptors (Lipinski definition) is 2. The van der Waals surface area contributed by atoms with Crippen molar-refractivity contribution in [2.45, 2.75) is 33.6 Å². The second kappa shape index (κ2) is 5.38. The molecule has 0 aromatic rings. The summed E-state index contributed by atoms with van der Waals surface area (Å²) in [6.45, 7) is 7.48. The highest BCUT2D eigenvalue weighted by Crippen LogP contribution is 2.16. The van der Waals surface area contributed by atoms with Gasteiger partial charge >= 0.3 is 6.03 Å². The number of piperidine rings is 1. The minimum atomic E-state index is -0.697. The quantitative estimate of drug-likeness (QED) is 0.771. The lowest BCUT2D eigenvalue weighted by Gasteiger charge is -2.32. The van der Waals surface area contributed by atoms with E-state index in [2.05, 4.69) is 12.2 Å². The van der Waals surface area contributed by atoms with Crippen LogP contribution in [0.5, 0.6) is 0 Å². The topological polar surface area (TPSA) is 75.4 Å². The van der Waals surface area contributed by atoms with Crippen LogP contribution in [0.15, 0.2) is 0 Å². The van der Waals surface area contributed by atoms with Crippen LogP contribution in [0.1, 0.15) is 33.6 Å². The predicted molar refractivity (Wildman–Crippen MR) is 66.3 cm³/mol. The number of carbonyl (C=O) groups is 2. The number of nitrogens with one attached hydrogen (secondary N) is 1. The fraction of sp³-hybridized carbons (Fsp3) is 0.833. The lowest BCUT2D eigenvalue weighted by Crippen LogP contribution is -2.49. The Kier molecular flexibility index (Phi) is 4.37. The largest absolute Gasteiger partial charge is 0.369 e. The van der Waals surface area contributed by atoms with Gasteiger partial charge in [-0.3, -0.25) is 4.79 Å². The van der Waals surface area contributed by atoms with Crippen LogP contribution in [-0.2, 0) is 4.79 Å². The number of hydrogen-bond donors (Lipinski definition) is 2. The molecule has 1 atom stereocenters. The molecular formula is C12H23N3O2. The molecule has 0 aliphatic carbocycles. The zero-order valence-electron chi connectivity index (χ0n) is 11.0. The highest BCUT2D eigenvalue weighted by Gasteiger charge is 2.27. The van der Waals surface area contributed by atoms with E-state index in [0.717, 1.165) is 19.5 Å². The van der Waals surface area contributed by atoms with Gasteiger partial charge in [0.2, 0.25) is 5.91 Å². The van der Waals surface area contributed by atoms with Crippen molar-refractivity contribution in [2.24, 2.45) is 17.1 Å². The zero-order valence-corrected chi connectivity index (χ0v) is 11.0. The van der Waals surface area contributed by atoms with Crippen molar-refractivity contribution >= 4 is 11.9 Å². The number of amides is 3. The van der Waals surface area contributed by atoms with Crippen LogP contribution in [-0.4, -0.2) is 36.5 Å². The molecule has 3 N–H and O–H groups in total. The van der Waals surface area contributed by atoms with E-state index in [4.69, 9.17) is 5.73 Å². The van der Waals surface area contributed by atoms with Gasteiger partial charge in [0.15, 0.2) is 0 Å². The summed E-state index contributed by atoms with van der Waals surface area (Å²) in [5, 5.41) is 2.78. The number of likely N-dealkylation sites (tertiary alicyclic amines) is 1. The van der Waals surface area contributed by atoms with Gasteiger partial charge in [-0.2, -0.15) is 0 Å². The van der Waals surface area contributed by atoms with E-state index in [9.17, 15) is 9.59 Å². The molecule has 0 bridgehead atoms. The molecule has 0 aromatic carbocycles. The van der Waals surface area contributed by atoms with Crippen LogP contribution < -0.4 is 11.1 Å². The molecular weight excluding hydrogens is 218 g/mol. The predicted octanol–water partition coefficient (Wildman–Crippen LogP) is 0.939. The van der Waals surface area contributed by atoms with Crippen molar-refractivity contribution in [3.8, 4) is 0 Å². The zero-order chi connectivity index (χ0) is 13.1. The van der Waals surface area contributed by atoms with Gasteiger partial charge in [-0.05, 0) is 32.6 Å². The molecule has 1 heterocycles. The number of rotatable bonds is 3. The van der Waals surface area contributed by atoms with Crippen LogP contribution in [0.3, 0.4) is 0 Å². The monoisotopic (exact) mass is 241 g/mol. The number of carbonyl (C=O) groups excluding carboxylic acids is 2. The van der Waals surface area contributed by atoms with Crippen molar-refractivity contribution < 1.29 is 9.59 Å². The highest BCUT2D eigenvalue weighted by atomic mass is 16.2. The summed E-state index contributed by atoms with van der Waals surface area (Å²) in [6, 6.07) is -0.0918. The van der Waals surface area contributed by atoms with Gasteiger partial charge in [0, 0.05) is 19.6 Å². The van der Waals surface area contributed by atoms with E-state index in [-0.39, 0.29) is 12.6 Å². The van der Waals surface area contributed by atoms with Gasteiger partial charge in [0.25, 0.3) is 0 Å². The summed E-state index contributed by atoms with van der Waals surface area (Å²) in [6.07, 6.45) is 2.23. The SMILES string of the molecule is CC1CCCN(C(=O)NCC(C)(C)C(N)=O)C1. The Bertz CT molecular complexity index is 302. The second-order valence-corrected chi connectivity index (χ2v) is 5.60. The summed E-state index contributed by atoms with van der Waals surface area (Å²) in [7, 11) is 0. The minimum Gasteiger partial charge on any atom is -0.369 e. The number of primary amides is 1. The molecule has 1 unspecified atom stereocenters. The highest BCUT2D eigenvalue weighted by molar-refractivity contribution is 5.81. The van der Waals surface area contributed by atoms with E-state index >= 15 is 0 Å².